The van der Waals surface area contributed by atoms with Crippen LogP contribution in [0, 0.1) is 0 Å². The number of carbonyl (C=O) groups is 1. The van der Waals surface area contributed by atoms with Gasteiger partial charge < -0.3 is 10.6 Å². The average molecular weight is 184 g/mol. The Labute approximate surface area is 80.6 Å². The first-order chi connectivity index (χ1) is 6.02. The molecule has 0 aliphatic rings. The Kier molecular flexibility index (Phi) is 5.39. The van der Waals surface area contributed by atoms with Crippen molar-refractivity contribution in [2.45, 2.75) is 33.2 Å². The molecule has 0 radical (unpaired) electrons. The second kappa shape index (κ2) is 5.75. The molecule has 0 aromatic rings. The molecular weight excluding hydrogens is 164 g/mol. The van der Waals surface area contributed by atoms with Gasteiger partial charge in [-0.05, 0) is 20.3 Å². The monoisotopic (exact) mass is 184 g/mol. The number of carbonyl (C=O) groups excluding carboxylic acids is 1. The molecule has 0 rings (SSSR count). The van der Waals surface area contributed by atoms with Crippen molar-refractivity contribution in [2.24, 2.45) is 5.73 Å². The molecule has 3 heteroatoms. The van der Waals surface area contributed by atoms with Crippen LogP contribution in [-0.4, -0.2) is 29.9 Å². The number of nitrogens with two attached hydrogens (primary N) is 1. The lowest BCUT2D eigenvalue weighted by atomic mass is 10.2. The topological polar surface area (TPSA) is 46.3 Å². The Bertz CT molecular complexity index is 189. The van der Waals surface area contributed by atoms with Crippen LogP contribution in [0.2, 0.25) is 0 Å². The summed E-state index contributed by atoms with van der Waals surface area (Å²) in [5, 5.41) is 0. The van der Waals surface area contributed by atoms with Crippen LogP contribution in [0.1, 0.15) is 27.2 Å². The standard InChI is InChI=1S/C10H20N2O/c1-5-9(11)10(13)12(6-2)7-8(3)4/h9H,3,5-7,11H2,1-2,4H3/t9-/m1/s1. The van der Waals surface area contributed by atoms with Crippen molar-refractivity contribution in [3.63, 3.8) is 0 Å². The van der Waals surface area contributed by atoms with Gasteiger partial charge in [-0.15, -0.1) is 0 Å². The molecule has 0 aromatic carbocycles. The molecule has 13 heavy (non-hydrogen) atoms. The zero-order valence-electron chi connectivity index (χ0n) is 8.84. The third-order valence-electron chi connectivity index (χ3n) is 1.91. The fourth-order valence-electron chi connectivity index (χ4n) is 1.08. The number of hydrogen-bond donors (Lipinski definition) is 1. The van der Waals surface area contributed by atoms with Gasteiger partial charge in [0.1, 0.15) is 0 Å². The summed E-state index contributed by atoms with van der Waals surface area (Å²) in [6.07, 6.45) is 0.686. The molecule has 0 aliphatic heterocycles. The van der Waals surface area contributed by atoms with E-state index in [-0.39, 0.29) is 11.9 Å². The van der Waals surface area contributed by atoms with Crippen molar-refractivity contribution < 1.29 is 4.79 Å². The molecule has 0 unspecified atom stereocenters. The maximum absolute atomic E-state index is 11.6. The molecule has 0 saturated carbocycles. The molecule has 0 saturated heterocycles. The van der Waals surface area contributed by atoms with E-state index in [0.29, 0.717) is 19.5 Å². The third-order valence-corrected chi connectivity index (χ3v) is 1.91. The van der Waals surface area contributed by atoms with E-state index >= 15 is 0 Å². The van der Waals surface area contributed by atoms with E-state index in [9.17, 15) is 4.79 Å². The van der Waals surface area contributed by atoms with Crippen molar-refractivity contribution in [2.75, 3.05) is 13.1 Å². The molecule has 0 aliphatic carbocycles. The van der Waals surface area contributed by atoms with Gasteiger partial charge >= 0.3 is 0 Å². The van der Waals surface area contributed by atoms with E-state index in [1.165, 1.54) is 0 Å². The SMILES string of the molecule is C=C(C)CN(CC)C(=O)[C@H](N)CC. The maximum Gasteiger partial charge on any atom is 0.239 e. The zero-order chi connectivity index (χ0) is 10.4. The molecule has 3 nitrogen and oxygen atoms in total. The summed E-state index contributed by atoms with van der Waals surface area (Å²) in [5.74, 6) is 0.0213. The summed E-state index contributed by atoms with van der Waals surface area (Å²) in [6, 6.07) is -0.362. The largest absolute Gasteiger partial charge is 0.338 e. The lowest BCUT2D eigenvalue weighted by Gasteiger charge is -2.23. The molecule has 0 heterocycles. The summed E-state index contributed by atoms with van der Waals surface area (Å²) in [7, 11) is 0. The van der Waals surface area contributed by atoms with E-state index in [1.807, 2.05) is 20.8 Å². The Hall–Kier alpha value is -0.830. The van der Waals surface area contributed by atoms with Crippen LogP contribution >= 0.6 is 0 Å². The first kappa shape index (κ1) is 12.2. The first-order valence-corrected chi connectivity index (χ1v) is 4.71. The lowest BCUT2D eigenvalue weighted by molar-refractivity contribution is -0.132. The molecule has 76 valence electrons. The van der Waals surface area contributed by atoms with Gasteiger partial charge in [0.15, 0.2) is 0 Å². The fourth-order valence-corrected chi connectivity index (χ4v) is 1.08. The number of nitrogens with zero attached hydrogens (tertiary/aromatic N) is 1. The van der Waals surface area contributed by atoms with Crippen LogP contribution in [0.3, 0.4) is 0 Å². The van der Waals surface area contributed by atoms with Crippen LogP contribution in [0.25, 0.3) is 0 Å². The van der Waals surface area contributed by atoms with Gasteiger partial charge in [0.05, 0.1) is 6.04 Å². The highest BCUT2D eigenvalue weighted by Gasteiger charge is 2.17. The first-order valence-electron chi connectivity index (χ1n) is 4.71. The van der Waals surface area contributed by atoms with Gasteiger partial charge in [0.25, 0.3) is 0 Å². The normalized spacial score (nSPS) is 12.3. The maximum atomic E-state index is 11.6. The molecular formula is C10H20N2O. The second-order valence-corrected chi connectivity index (χ2v) is 3.32. The molecule has 0 bridgehead atoms. The van der Waals surface area contributed by atoms with E-state index < -0.39 is 0 Å². The van der Waals surface area contributed by atoms with Gasteiger partial charge in [-0.3, -0.25) is 4.79 Å². The lowest BCUT2D eigenvalue weighted by Crippen LogP contribution is -2.43. The van der Waals surface area contributed by atoms with Crippen LogP contribution in [0.5, 0.6) is 0 Å². The van der Waals surface area contributed by atoms with E-state index in [1.54, 1.807) is 4.90 Å². The van der Waals surface area contributed by atoms with Crippen LogP contribution < -0.4 is 5.73 Å². The highest BCUT2D eigenvalue weighted by molar-refractivity contribution is 5.81. The Morgan fingerprint density at radius 2 is 2.08 bits per heavy atom. The molecule has 0 fully saturated rings. The fraction of sp³-hybridized carbons (Fsp3) is 0.700. The smallest absolute Gasteiger partial charge is 0.239 e. The summed E-state index contributed by atoms with van der Waals surface area (Å²) >= 11 is 0. The van der Waals surface area contributed by atoms with Crippen LogP contribution in [0.4, 0.5) is 0 Å². The summed E-state index contributed by atoms with van der Waals surface area (Å²) in [4.78, 5) is 13.3. The number of amides is 1. The van der Waals surface area contributed by atoms with Gasteiger partial charge in [0, 0.05) is 13.1 Å². The van der Waals surface area contributed by atoms with Crippen molar-refractivity contribution in [1.29, 1.82) is 0 Å². The van der Waals surface area contributed by atoms with E-state index in [4.69, 9.17) is 5.73 Å². The molecule has 0 aromatic heterocycles. The highest BCUT2D eigenvalue weighted by atomic mass is 16.2. The predicted molar refractivity (Wildman–Crippen MR) is 55.3 cm³/mol. The number of hydrogen-bond acceptors (Lipinski definition) is 2. The van der Waals surface area contributed by atoms with Crippen molar-refractivity contribution in [3.8, 4) is 0 Å². The minimum Gasteiger partial charge on any atom is -0.338 e. The minimum atomic E-state index is -0.362. The molecule has 0 spiro atoms. The summed E-state index contributed by atoms with van der Waals surface area (Å²) in [6.45, 7) is 10.9. The van der Waals surface area contributed by atoms with Crippen LogP contribution in [-0.2, 0) is 4.79 Å². The average Bonchev–Trinajstić information content (AvgIpc) is 2.11. The van der Waals surface area contributed by atoms with Gasteiger partial charge in [-0.2, -0.15) is 0 Å². The molecule has 1 amide bonds. The Morgan fingerprint density at radius 3 is 2.38 bits per heavy atom. The van der Waals surface area contributed by atoms with Gasteiger partial charge in [0.2, 0.25) is 5.91 Å². The molecule has 1 atom stereocenters. The van der Waals surface area contributed by atoms with Crippen molar-refractivity contribution in [1.82, 2.24) is 4.90 Å². The van der Waals surface area contributed by atoms with Crippen molar-refractivity contribution in [3.05, 3.63) is 12.2 Å². The Morgan fingerprint density at radius 1 is 1.54 bits per heavy atom. The predicted octanol–water partition coefficient (Wildman–Crippen LogP) is 1.15. The highest BCUT2D eigenvalue weighted by Crippen LogP contribution is 2.00. The second-order valence-electron chi connectivity index (χ2n) is 3.32. The van der Waals surface area contributed by atoms with E-state index in [0.717, 1.165) is 5.57 Å². The zero-order valence-corrected chi connectivity index (χ0v) is 8.84. The number of likely N-dealkylation sites (N-methyl/N-ethyl adjacent to an activating group) is 1. The Balaban J connectivity index is 4.22. The van der Waals surface area contributed by atoms with Crippen LogP contribution in [0.15, 0.2) is 12.2 Å². The third kappa shape index (κ3) is 4.08. The summed E-state index contributed by atoms with van der Waals surface area (Å²) in [5.41, 5.74) is 6.63. The van der Waals surface area contributed by atoms with Gasteiger partial charge in [-0.25, -0.2) is 0 Å². The van der Waals surface area contributed by atoms with Gasteiger partial charge in [-0.1, -0.05) is 19.1 Å². The molecule has 2 N–H and O–H groups in total. The van der Waals surface area contributed by atoms with Crippen molar-refractivity contribution >= 4 is 5.91 Å². The summed E-state index contributed by atoms with van der Waals surface area (Å²) < 4.78 is 0. The quantitative estimate of drug-likeness (QED) is 0.651. The minimum absolute atomic E-state index is 0.0213. The van der Waals surface area contributed by atoms with E-state index in [2.05, 4.69) is 6.58 Å². The number of rotatable bonds is 5.